The predicted molar refractivity (Wildman–Crippen MR) is 18.1 cm³/mol. The largest absolute Gasteiger partial charge is 2.00 e. The van der Waals surface area contributed by atoms with Crippen LogP contribution >= 0.6 is 0 Å². The Balaban J connectivity index is -0.0000000450. The second-order valence-electron chi connectivity index (χ2n) is 0.224. The van der Waals surface area contributed by atoms with Gasteiger partial charge in [-0.3, -0.25) is 0 Å². The average molecular weight is 167 g/mol. The molecule has 0 aliphatic carbocycles. The van der Waals surface area contributed by atoms with Crippen LogP contribution in [0.1, 0.15) is 0 Å². The van der Waals surface area contributed by atoms with Crippen LogP contribution in [0.4, 0.5) is 0 Å². The molecule has 32 valence electrons. The number of rotatable bonds is 0. The Labute approximate surface area is 70.6 Å². The monoisotopic (exact) mass is 167 g/mol. The molecule has 0 fully saturated rings. The van der Waals surface area contributed by atoms with Crippen LogP contribution < -0.4 is 0 Å². The summed E-state index contributed by atoms with van der Waals surface area (Å²) >= 11 is 0. The van der Waals surface area contributed by atoms with Crippen LogP contribution in [0.3, 0.4) is 0 Å². The Morgan fingerprint density at radius 3 is 1.33 bits per heavy atom. The van der Waals surface area contributed by atoms with Crippen molar-refractivity contribution in [1.82, 2.24) is 0 Å². The average Bonchev–Trinajstić information content (AvgIpc) is 0.811. The molecule has 0 amide bonds. The smallest absolute Gasteiger partial charge is 0.870 e. The van der Waals surface area contributed by atoms with Gasteiger partial charge in [-0.05, 0) is 0 Å². The molecule has 0 heterocycles. The maximum atomic E-state index is 8.25. The van der Waals surface area contributed by atoms with Crippen LogP contribution in [0, 0.1) is 15.3 Å². The van der Waals surface area contributed by atoms with Gasteiger partial charge in [0, 0.05) is 0 Å². The van der Waals surface area contributed by atoms with Gasteiger partial charge in [-0.2, -0.15) is 0 Å². The minimum Gasteiger partial charge on any atom is -0.870 e. The van der Waals surface area contributed by atoms with Gasteiger partial charge in [0.05, 0.1) is 5.09 Å². The second-order valence-corrected chi connectivity index (χ2v) is 0.224. The molecule has 0 aromatic carbocycles. The summed E-state index contributed by atoms with van der Waals surface area (Å²) in [7, 11) is 0. The third kappa shape index (κ3) is 150. The van der Waals surface area contributed by atoms with Gasteiger partial charge in [-0.1, -0.05) is 0 Å². The summed E-state index contributed by atoms with van der Waals surface area (Å²) in [6.07, 6.45) is 0. The molecular formula is HNO4Sr. The first-order chi connectivity index (χ1) is 1.73. The molecule has 0 rings (SSSR count). The van der Waals surface area contributed by atoms with Crippen LogP contribution in [0.15, 0.2) is 0 Å². The van der Waals surface area contributed by atoms with Crippen molar-refractivity contribution in [1.29, 1.82) is 0 Å². The molecule has 0 aromatic rings. The summed E-state index contributed by atoms with van der Waals surface area (Å²) in [5.41, 5.74) is 0. The molecule has 0 saturated carbocycles. The zero-order chi connectivity index (χ0) is 3.58. The second kappa shape index (κ2) is 9.16. The van der Waals surface area contributed by atoms with E-state index in [-0.39, 0.29) is 51.0 Å². The molecule has 0 spiro atoms. The fourth-order valence-corrected chi connectivity index (χ4v) is 0. The quantitative estimate of drug-likeness (QED) is 0.268. The molecule has 0 bridgehead atoms. The molecule has 5 nitrogen and oxygen atoms in total. The summed E-state index contributed by atoms with van der Waals surface area (Å²) < 4.78 is 0. The van der Waals surface area contributed by atoms with E-state index in [1.165, 1.54) is 0 Å². The van der Waals surface area contributed by atoms with E-state index in [9.17, 15) is 0 Å². The topological polar surface area (TPSA) is 96.2 Å². The molecule has 6 heteroatoms. The zero-order valence-electron chi connectivity index (χ0n) is 2.83. The van der Waals surface area contributed by atoms with E-state index in [4.69, 9.17) is 15.3 Å². The van der Waals surface area contributed by atoms with Gasteiger partial charge in [0.25, 0.3) is 0 Å². The van der Waals surface area contributed by atoms with E-state index < -0.39 is 5.09 Å². The van der Waals surface area contributed by atoms with Crippen LogP contribution in [0.5, 0.6) is 0 Å². The molecule has 6 heavy (non-hydrogen) atoms. The summed E-state index contributed by atoms with van der Waals surface area (Å²) in [5, 5.41) is 14.8. The molecule has 1 N–H and O–H groups in total. The third-order valence-corrected chi connectivity index (χ3v) is 0. The first-order valence-electron chi connectivity index (χ1n) is 0.548. The van der Waals surface area contributed by atoms with Crippen molar-refractivity contribution in [3.8, 4) is 0 Å². The van der Waals surface area contributed by atoms with E-state index in [1.54, 1.807) is 0 Å². The first-order valence-corrected chi connectivity index (χ1v) is 0.548. The fraction of sp³-hybridized carbons (Fsp3) is 0. The summed E-state index contributed by atoms with van der Waals surface area (Å²) in [5.74, 6) is 0. The maximum Gasteiger partial charge on any atom is 2.00 e. The summed E-state index contributed by atoms with van der Waals surface area (Å²) in [6.45, 7) is 0. The van der Waals surface area contributed by atoms with Gasteiger partial charge in [-0.15, -0.1) is 0 Å². The molecule has 0 unspecified atom stereocenters. The molecule has 0 saturated heterocycles. The van der Waals surface area contributed by atoms with Crippen molar-refractivity contribution in [2.75, 3.05) is 0 Å². The van der Waals surface area contributed by atoms with Crippen molar-refractivity contribution in [2.24, 2.45) is 0 Å². The Kier molecular flexibility index (Phi) is 24.3. The Bertz CT molecular complexity index is 30.5. The standard InChI is InChI=1S/NO3.H2O.Sr/c2-1(3)4;;/h;1H2;/q-1;;+2/p-1. The summed E-state index contributed by atoms with van der Waals surface area (Å²) in [4.78, 5) is 8.25. The minimum atomic E-state index is -1.75. The molecule has 0 radical (unpaired) electrons. The van der Waals surface area contributed by atoms with Gasteiger partial charge in [0.15, 0.2) is 0 Å². The number of hydrogen-bond donors (Lipinski definition) is 0. The Morgan fingerprint density at radius 1 is 1.33 bits per heavy atom. The summed E-state index contributed by atoms with van der Waals surface area (Å²) in [6, 6.07) is 0. The van der Waals surface area contributed by atoms with Crippen LogP contribution in [-0.2, 0) is 0 Å². The van der Waals surface area contributed by atoms with E-state index in [1.807, 2.05) is 0 Å². The van der Waals surface area contributed by atoms with Gasteiger partial charge >= 0.3 is 45.5 Å². The van der Waals surface area contributed by atoms with Gasteiger partial charge in [0.2, 0.25) is 0 Å². The van der Waals surface area contributed by atoms with E-state index in [2.05, 4.69) is 0 Å². The van der Waals surface area contributed by atoms with E-state index in [0.717, 1.165) is 0 Å². The van der Waals surface area contributed by atoms with Crippen molar-refractivity contribution in [3.63, 3.8) is 0 Å². The first kappa shape index (κ1) is 15.9. The van der Waals surface area contributed by atoms with Crippen molar-refractivity contribution in [2.45, 2.75) is 0 Å². The molecule has 0 atom stereocenters. The minimum absolute atomic E-state index is 0. The van der Waals surface area contributed by atoms with Crippen molar-refractivity contribution in [3.05, 3.63) is 15.3 Å². The van der Waals surface area contributed by atoms with Gasteiger partial charge in [0.1, 0.15) is 0 Å². The number of hydrogen-bond acceptors (Lipinski definition) is 4. The van der Waals surface area contributed by atoms with Crippen molar-refractivity contribution >= 4 is 45.5 Å². The van der Waals surface area contributed by atoms with E-state index in [0.29, 0.717) is 0 Å². The molecule has 0 aromatic heterocycles. The SMILES string of the molecule is O=[N+]([O-])[O-].[OH-].[Sr+2]. The molecule has 0 aliphatic rings. The third-order valence-electron chi connectivity index (χ3n) is 0. The van der Waals surface area contributed by atoms with Crippen LogP contribution in [-0.4, -0.2) is 56.0 Å². The molecule has 0 aliphatic heterocycles. The molecular weight excluding hydrogens is 166 g/mol. The van der Waals surface area contributed by atoms with E-state index >= 15 is 0 Å². The Hall–Kier alpha value is 0.641. The van der Waals surface area contributed by atoms with Crippen LogP contribution in [0.25, 0.3) is 0 Å². The predicted octanol–water partition coefficient (Wildman–Crippen LogP) is -0.797. The zero-order valence-corrected chi connectivity index (χ0v) is 6.30. The van der Waals surface area contributed by atoms with Crippen molar-refractivity contribution < 1.29 is 10.6 Å². The number of nitrogens with zero attached hydrogens (tertiary/aromatic N) is 1. The van der Waals surface area contributed by atoms with Gasteiger partial charge in [-0.25, -0.2) is 0 Å². The Morgan fingerprint density at radius 2 is 1.33 bits per heavy atom. The van der Waals surface area contributed by atoms with Gasteiger partial charge < -0.3 is 20.8 Å². The normalized spacial score (nSPS) is 4.00. The fourth-order valence-electron chi connectivity index (χ4n) is 0. The van der Waals surface area contributed by atoms with Crippen LogP contribution in [0.2, 0.25) is 0 Å². The maximum absolute atomic E-state index is 8.25.